The van der Waals surface area contributed by atoms with Crippen LogP contribution in [0.3, 0.4) is 0 Å². The number of carbonyl (C=O) groups excluding carboxylic acids is 1. The molecule has 29 heavy (non-hydrogen) atoms. The molecule has 2 aromatic carbocycles. The molecule has 0 saturated carbocycles. The molecule has 6 nitrogen and oxygen atoms in total. The molecule has 2 atom stereocenters. The molecule has 1 heterocycles. The molecule has 1 aromatic heterocycles. The first-order valence-corrected chi connectivity index (χ1v) is 9.59. The van der Waals surface area contributed by atoms with Gasteiger partial charge in [-0.1, -0.05) is 41.9 Å². The first-order chi connectivity index (χ1) is 13.9. The van der Waals surface area contributed by atoms with Gasteiger partial charge in [-0.15, -0.1) is 0 Å². The summed E-state index contributed by atoms with van der Waals surface area (Å²) in [4.78, 5) is 19.6. The van der Waals surface area contributed by atoms with E-state index in [4.69, 9.17) is 21.1 Å². The van der Waals surface area contributed by atoms with Gasteiger partial charge in [0, 0.05) is 13.0 Å². The van der Waals surface area contributed by atoms with Gasteiger partial charge in [-0.3, -0.25) is 4.79 Å². The van der Waals surface area contributed by atoms with Crippen LogP contribution in [0.2, 0.25) is 5.02 Å². The topological polar surface area (TPSA) is 73.3 Å². The first-order valence-electron chi connectivity index (χ1n) is 9.21. The van der Waals surface area contributed by atoms with E-state index in [0.717, 1.165) is 17.1 Å². The van der Waals surface area contributed by atoms with E-state index in [1.165, 1.54) is 13.3 Å². The molecule has 0 spiro atoms. The third-order valence-corrected chi connectivity index (χ3v) is 4.63. The minimum absolute atomic E-state index is 0.0648. The number of hydrogen-bond donors (Lipinski definition) is 1. The highest BCUT2D eigenvalue weighted by Crippen LogP contribution is 2.31. The molecule has 0 aliphatic rings. The van der Waals surface area contributed by atoms with Crippen LogP contribution in [0, 0.1) is 0 Å². The summed E-state index contributed by atoms with van der Waals surface area (Å²) in [5.74, 6) is 1.62. The second kappa shape index (κ2) is 9.39. The Bertz CT molecular complexity index is 965. The minimum Gasteiger partial charge on any atom is -0.457 e. The predicted octanol–water partition coefficient (Wildman–Crippen LogP) is 5.72. The van der Waals surface area contributed by atoms with E-state index < -0.39 is 12.1 Å². The van der Waals surface area contributed by atoms with Gasteiger partial charge in [0.05, 0.1) is 0 Å². The lowest BCUT2D eigenvalue weighted by atomic mass is 10.1. The molecular formula is C22H22ClN3O3. The second-order valence-corrected chi connectivity index (χ2v) is 6.90. The van der Waals surface area contributed by atoms with Crippen molar-refractivity contribution in [2.45, 2.75) is 32.9 Å². The van der Waals surface area contributed by atoms with Gasteiger partial charge >= 0.3 is 5.97 Å². The fourth-order valence-corrected chi connectivity index (χ4v) is 3.12. The number of aromatic nitrogens is 2. The molecule has 2 unspecified atom stereocenters. The van der Waals surface area contributed by atoms with Crippen molar-refractivity contribution in [1.29, 1.82) is 0 Å². The van der Waals surface area contributed by atoms with Crippen LogP contribution in [0.25, 0.3) is 0 Å². The van der Waals surface area contributed by atoms with Gasteiger partial charge in [-0.2, -0.15) is 0 Å². The summed E-state index contributed by atoms with van der Waals surface area (Å²) < 4.78 is 11.0. The van der Waals surface area contributed by atoms with E-state index in [0.29, 0.717) is 16.5 Å². The van der Waals surface area contributed by atoms with Crippen molar-refractivity contribution in [3.63, 3.8) is 0 Å². The fourth-order valence-electron chi connectivity index (χ4n) is 2.81. The molecule has 3 aromatic rings. The Morgan fingerprint density at radius 2 is 1.66 bits per heavy atom. The van der Waals surface area contributed by atoms with Crippen molar-refractivity contribution in [2.24, 2.45) is 0 Å². The van der Waals surface area contributed by atoms with E-state index in [1.54, 1.807) is 6.92 Å². The number of esters is 1. The molecule has 3 rings (SSSR count). The van der Waals surface area contributed by atoms with E-state index >= 15 is 0 Å². The van der Waals surface area contributed by atoms with Gasteiger partial charge in [0.25, 0.3) is 0 Å². The average Bonchev–Trinajstić information content (AvgIpc) is 2.70. The summed E-state index contributed by atoms with van der Waals surface area (Å²) in [7, 11) is 0. The number of anilines is 1. The van der Waals surface area contributed by atoms with Gasteiger partial charge < -0.3 is 14.8 Å². The van der Waals surface area contributed by atoms with E-state index in [2.05, 4.69) is 15.3 Å². The van der Waals surface area contributed by atoms with Crippen LogP contribution >= 0.6 is 11.6 Å². The standard InChI is InChI=1S/C22H22ClN3O3/c1-14(17-9-11-19(12-10-17)29-18-7-5-4-6-8-18)26-22-20(23)21(24-13-25-22)15(2)28-16(3)27/h4-15H,1-3H3,(H,24,25,26). The third-order valence-electron chi connectivity index (χ3n) is 4.26. The lowest BCUT2D eigenvalue weighted by Crippen LogP contribution is -2.12. The molecular weight excluding hydrogens is 390 g/mol. The predicted molar refractivity (Wildman–Crippen MR) is 112 cm³/mol. The number of halogens is 1. The maximum Gasteiger partial charge on any atom is 0.303 e. The Balaban J connectivity index is 1.70. The van der Waals surface area contributed by atoms with Crippen molar-refractivity contribution in [2.75, 3.05) is 5.32 Å². The van der Waals surface area contributed by atoms with E-state index in [1.807, 2.05) is 61.5 Å². The number of para-hydroxylation sites is 1. The van der Waals surface area contributed by atoms with Crippen molar-refractivity contribution in [3.8, 4) is 11.5 Å². The second-order valence-electron chi connectivity index (χ2n) is 6.52. The van der Waals surface area contributed by atoms with Gasteiger partial charge in [-0.05, 0) is 43.7 Å². The Labute approximate surface area is 174 Å². The molecule has 1 N–H and O–H groups in total. The van der Waals surface area contributed by atoms with E-state index in [9.17, 15) is 4.79 Å². The highest BCUT2D eigenvalue weighted by Gasteiger charge is 2.19. The highest BCUT2D eigenvalue weighted by atomic mass is 35.5. The lowest BCUT2D eigenvalue weighted by Gasteiger charge is -2.19. The highest BCUT2D eigenvalue weighted by molar-refractivity contribution is 6.33. The molecule has 0 aliphatic heterocycles. The summed E-state index contributed by atoms with van der Waals surface area (Å²) in [6.45, 7) is 5.06. The number of hydrogen-bond acceptors (Lipinski definition) is 6. The van der Waals surface area contributed by atoms with Crippen LogP contribution in [-0.2, 0) is 9.53 Å². The van der Waals surface area contributed by atoms with Gasteiger partial charge in [0.2, 0.25) is 0 Å². The van der Waals surface area contributed by atoms with Crippen molar-refractivity contribution < 1.29 is 14.3 Å². The Morgan fingerprint density at radius 1 is 1.00 bits per heavy atom. The van der Waals surface area contributed by atoms with Gasteiger partial charge in [0.1, 0.15) is 40.5 Å². The van der Waals surface area contributed by atoms with Crippen LogP contribution in [-0.4, -0.2) is 15.9 Å². The van der Waals surface area contributed by atoms with Crippen LogP contribution in [0.1, 0.15) is 44.2 Å². The molecule has 0 fully saturated rings. The number of carbonyl (C=O) groups is 1. The number of nitrogens with zero attached hydrogens (tertiary/aromatic N) is 2. The Kier molecular flexibility index (Phi) is 6.67. The molecule has 7 heteroatoms. The smallest absolute Gasteiger partial charge is 0.303 e. The summed E-state index contributed by atoms with van der Waals surface area (Å²) in [6, 6.07) is 17.3. The zero-order valence-corrected chi connectivity index (χ0v) is 17.2. The lowest BCUT2D eigenvalue weighted by molar-refractivity contribution is -0.145. The summed E-state index contributed by atoms with van der Waals surface area (Å²) in [5, 5.41) is 3.61. The van der Waals surface area contributed by atoms with Crippen LogP contribution in [0.4, 0.5) is 5.82 Å². The SMILES string of the molecule is CC(=O)OC(C)c1ncnc(NC(C)c2ccc(Oc3ccccc3)cc2)c1Cl. The molecule has 0 radical (unpaired) electrons. The molecule has 0 aliphatic carbocycles. The molecule has 0 amide bonds. The van der Waals surface area contributed by atoms with Crippen molar-refractivity contribution in [1.82, 2.24) is 9.97 Å². The summed E-state index contributed by atoms with van der Waals surface area (Å²) in [6.07, 6.45) is 0.834. The normalized spacial score (nSPS) is 12.7. The maximum absolute atomic E-state index is 11.2. The number of benzene rings is 2. The van der Waals surface area contributed by atoms with Crippen molar-refractivity contribution in [3.05, 3.63) is 77.2 Å². The Hall–Kier alpha value is -3.12. The number of rotatable bonds is 7. The zero-order valence-electron chi connectivity index (χ0n) is 16.4. The van der Waals surface area contributed by atoms with Crippen LogP contribution < -0.4 is 10.1 Å². The number of ether oxygens (including phenoxy) is 2. The van der Waals surface area contributed by atoms with Crippen LogP contribution in [0.15, 0.2) is 60.9 Å². The summed E-state index contributed by atoms with van der Waals surface area (Å²) >= 11 is 6.44. The largest absolute Gasteiger partial charge is 0.457 e. The average molecular weight is 412 g/mol. The van der Waals surface area contributed by atoms with Gasteiger partial charge in [0.15, 0.2) is 0 Å². The third kappa shape index (κ3) is 5.45. The summed E-state index contributed by atoms with van der Waals surface area (Å²) in [5.41, 5.74) is 1.49. The minimum atomic E-state index is -0.562. The monoisotopic (exact) mass is 411 g/mol. The molecule has 0 saturated heterocycles. The first kappa shape index (κ1) is 20.6. The quantitative estimate of drug-likeness (QED) is 0.501. The number of nitrogens with one attached hydrogen (secondary N) is 1. The maximum atomic E-state index is 11.2. The molecule has 0 bridgehead atoms. The van der Waals surface area contributed by atoms with E-state index in [-0.39, 0.29) is 6.04 Å². The van der Waals surface area contributed by atoms with Crippen molar-refractivity contribution >= 4 is 23.4 Å². The Morgan fingerprint density at radius 3 is 2.31 bits per heavy atom. The van der Waals surface area contributed by atoms with Gasteiger partial charge in [-0.25, -0.2) is 9.97 Å². The molecule has 150 valence electrons. The zero-order chi connectivity index (χ0) is 20.8. The van der Waals surface area contributed by atoms with Crippen LogP contribution in [0.5, 0.6) is 11.5 Å². The fraction of sp³-hybridized carbons (Fsp3) is 0.227.